The number of ether oxygens (including phenoxy) is 1. The molecule has 5 heteroatoms. The first-order chi connectivity index (χ1) is 12.7. The van der Waals surface area contributed by atoms with E-state index in [1.807, 2.05) is 0 Å². The number of benzene rings is 1. The lowest BCUT2D eigenvalue weighted by atomic mass is 9.90. The molecule has 26 heavy (non-hydrogen) atoms. The van der Waals surface area contributed by atoms with Gasteiger partial charge in [-0.1, -0.05) is 30.3 Å². The molecule has 2 heterocycles. The topological polar surface area (TPSA) is 40.1 Å². The van der Waals surface area contributed by atoms with E-state index in [0.717, 1.165) is 57.8 Å². The smallest absolute Gasteiger partial charge is 0.194 e. The third-order valence-corrected chi connectivity index (χ3v) is 5.40. The molecule has 2 aliphatic heterocycles. The zero-order chi connectivity index (χ0) is 18.2. The SMILES string of the molecule is CCNC(=NCC1CN(C)CCO1)N1CCC(Cc2ccccc2)CC1. The number of aliphatic imine (C=N–C) groups is 1. The number of piperidine rings is 1. The number of likely N-dealkylation sites (tertiary alicyclic amines) is 1. The van der Waals surface area contributed by atoms with Crippen LogP contribution < -0.4 is 5.32 Å². The summed E-state index contributed by atoms with van der Waals surface area (Å²) in [5.74, 6) is 1.84. The Morgan fingerprint density at radius 1 is 1.19 bits per heavy atom. The maximum Gasteiger partial charge on any atom is 0.194 e. The quantitative estimate of drug-likeness (QED) is 0.647. The molecule has 0 aromatic heterocycles. The third-order valence-electron chi connectivity index (χ3n) is 5.40. The van der Waals surface area contributed by atoms with E-state index in [-0.39, 0.29) is 6.10 Å². The summed E-state index contributed by atoms with van der Waals surface area (Å²) >= 11 is 0. The Labute approximate surface area is 158 Å². The molecule has 0 aliphatic carbocycles. The van der Waals surface area contributed by atoms with Crippen molar-refractivity contribution in [2.75, 3.05) is 52.9 Å². The second kappa shape index (κ2) is 9.93. The van der Waals surface area contributed by atoms with Crippen LogP contribution in [0.2, 0.25) is 0 Å². The lowest BCUT2D eigenvalue weighted by Crippen LogP contribution is -2.47. The fraction of sp³-hybridized carbons (Fsp3) is 0.667. The van der Waals surface area contributed by atoms with Crippen LogP contribution in [0.15, 0.2) is 35.3 Å². The van der Waals surface area contributed by atoms with Gasteiger partial charge in [-0.25, -0.2) is 0 Å². The predicted molar refractivity (Wildman–Crippen MR) is 108 cm³/mol. The number of morpholine rings is 1. The minimum absolute atomic E-state index is 0.220. The summed E-state index contributed by atoms with van der Waals surface area (Å²) in [5, 5.41) is 3.47. The van der Waals surface area contributed by atoms with Crippen molar-refractivity contribution < 1.29 is 4.74 Å². The molecule has 0 bridgehead atoms. The van der Waals surface area contributed by atoms with Gasteiger partial charge in [0.2, 0.25) is 0 Å². The van der Waals surface area contributed by atoms with Crippen LogP contribution in [-0.2, 0) is 11.2 Å². The van der Waals surface area contributed by atoms with Crippen molar-refractivity contribution in [2.24, 2.45) is 10.9 Å². The van der Waals surface area contributed by atoms with Crippen molar-refractivity contribution in [1.29, 1.82) is 0 Å². The first-order valence-corrected chi connectivity index (χ1v) is 10.1. The molecule has 1 aromatic rings. The van der Waals surface area contributed by atoms with Crippen LogP contribution in [0.3, 0.4) is 0 Å². The van der Waals surface area contributed by atoms with E-state index in [9.17, 15) is 0 Å². The van der Waals surface area contributed by atoms with Crippen LogP contribution in [-0.4, -0.2) is 74.8 Å². The summed E-state index contributed by atoms with van der Waals surface area (Å²) < 4.78 is 5.85. The van der Waals surface area contributed by atoms with E-state index in [1.165, 1.54) is 24.8 Å². The van der Waals surface area contributed by atoms with Crippen molar-refractivity contribution >= 4 is 5.96 Å². The average molecular weight is 359 g/mol. The molecular formula is C21H34N4O. The van der Waals surface area contributed by atoms with Gasteiger partial charge in [0.05, 0.1) is 19.3 Å². The van der Waals surface area contributed by atoms with Gasteiger partial charge < -0.3 is 19.9 Å². The standard InChI is InChI=1S/C21H34N4O/c1-3-22-21(23-16-20-17-24(2)13-14-26-20)25-11-9-19(10-12-25)15-18-7-5-4-6-8-18/h4-8,19-20H,3,9-17H2,1-2H3,(H,22,23). The molecule has 5 nitrogen and oxygen atoms in total. The van der Waals surface area contributed by atoms with Gasteiger partial charge in [0.1, 0.15) is 0 Å². The molecule has 2 saturated heterocycles. The zero-order valence-corrected chi connectivity index (χ0v) is 16.4. The zero-order valence-electron chi connectivity index (χ0n) is 16.4. The van der Waals surface area contributed by atoms with E-state index in [0.29, 0.717) is 0 Å². The van der Waals surface area contributed by atoms with Crippen molar-refractivity contribution in [1.82, 2.24) is 15.1 Å². The van der Waals surface area contributed by atoms with Crippen LogP contribution in [0.4, 0.5) is 0 Å². The number of guanidine groups is 1. The van der Waals surface area contributed by atoms with Crippen molar-refractivity contribution in [3.05, 3.63) is 35.9 Å². The molecule has 0 radical (unpaired) electrons. The fourth-order valence-electron chi connectivity index (χ4n) is 3.89. The molecule has 1 atom stereocenters. The van der Waals surface area contributed by atoms with Gasteiger partial charge in [-0.2, -0.15) is 0 Å². The number of nitrogens with zero attached hydrogens (tertiary/aromatic N) is 3. The molecule has 3 rings (SSSR count). The van der Waals surface area contributed by atoms with E-state index < -0.39 is 0 Å². The number of hydrogen-bond acceptors (Lipinski definition) is 3. The number of nitrogens with one attached hydrogen (secondary N) is 1. The highest BCUT2D eigenvalue weighted by atomic mass is 16.5. The van der Waals surface area contributed by atoms with Gasteiger partial charge in [0.25, 0.3) is 0 Å². The Balaban J connectivity index is 1.50. The van der Waals surface area contributed by atoms with E-state index >= 15 is 0 Å². The second-order valence-corrected chi connectivity index (χ2v) is 7.57. The largest absolute Gasteiger partial charge is 0.374 e. The summed E-state index contributed by atoms with van der Waals surface area (Å²) in [4.78, 5) is 9.64. The molecular weight excluding hydrogens is 324 g/mol. The molecule has 0 spiro atoms. The molecule has 2 aliphatic rings. The average Bonchev–Trinajstić information content (AvgIpc) is 2.67. The monoisotopic (exact) mass is 358 g/mol. The van der Waals surface area contributed by atoms with E-state index in [2.05, 4.69) is 59.4 Å². The van der Waals surface area contributed by atoms with Gasteiger partial charge in [-0.3, -0.25) is 4.99 Å². The highest BCUT2D eigenvalue weighted by Crippen LogP contribution is 2.21. The molecule has 144 valence electrons. The lowest BCUT2D eigenvalue weighted by molar-refractivity contribution is -0.0137. The summed E-state index contributed by atoms with van der Waals surface area (Å²) in [6.45, 7) is 8.80. The summed E-state index contributed by atoms with van der Waals surface area (Å²) in [6, 6.07) is 10.9. The molecule has 0 amide bonds. The minimum atomic E-state index is 0.220. The van der Waals surface area contributed by atoms with Gasteiger partial charge in [0.15, 0.2) is 5.96 Å². The maximum absolute atomic E-state index is 5.85. The van der Waals surface area contributed by atoms with Crippen molar-refractivity contribution in [2.45, 2.75) is 32.3 Å². The fourth-order valence-corrected chi connectivity index (χ4v) is 3.89. The Hall–Kier alpha value is -1.59. The van der Waals surface area contributed by atoms with Crippen LogP contribution in [0.5, 0.6) is 0 Å². The van der Waals surface area contributed by atoms with Crippen molar-refractivity contribution in [3.63, 3.8) is 0 Å². The van der Waals surface area contributed by atoms with Crippen LogP contribution in [0.25, 0.3) is 0 Å². The predicted octanol–water partition coefficient (Wildman–Crippen LogP) is 2.24. The normalized spacial score (nSPS) is 23.2. The van der Waals surface area contributed by atoms with Gasteiger partial charge in [-0.05, 0) is 44.7 Å². The van der Waals surface area contributed by atoms with Gasteiger partial charge >= 0.3 is 0 Å². The molecule has 0 saturated carbocycles. The highest BCUT2D eigenvalue weighted by molar-refractivity contribution is 5.80. The van der Waals surface area contributed by atoms with Crippen molar-refractivity contribution in [3.8, 4) is 0 Å². The number of rotatable bonds is 5. The van der Waals surface area contributed by atoms with Gasteiger partial charge in [-0.15, -0.1) is 0 Å². The van der Waals surface area contributed by atoms with Crippen LogP contribution >= 0.6 is 0 Å². The maximum atomic E-state index is 5.85. The Kier molecular flexibility index (Phi) is 7.32. The minimum Gasteiger partial charge on any atom is -0.374 e. The Morgan fingerprint density at radius 3 is 2.65 bits per heavy atom. The first kappa shape index (κ1) is 19.2. The van der Waals surface area contributed by atoms with Gasteiger partial charge in [0, 0.05) is 32.7 Å². The highest BCUT2D eigenvalue weighted by Gasteiger charge is 2.23. The molecule has 2 fully saturated rings. The van der Waals surface area contributed by atoms with E-state index in [1.54, 1.807) is 0 Å². The summed E-state index contributed by atoms with van der Waals surface area (Å²) in [6.07, 6.45) is 3.90. The third kappa shape index (κ3) is 5.71. The number of likely N-dealkylation sites (N-methyl/N-ethyl adjacent to an activating group) is 1. The molecule has 1 aromatic carbocycles. The lowest BCUT2D eigenvalue weighted by Gasteiger charge is -2.35. The molecule has 1 unspecified atom stereocenters. The summed E-state index contributed by atoms with van der Waals surface area (Å²) in [5.41, 5.74) is 1.46. The Bertz CT molecular complexity index is 554. The number of hydrogen-bond donors (Lipinski definition) is 1. The van der Waals surface area contributed by atoms with E-state index in [4.69, 9.17) is 9.73 Å². The van der Waals surface area contributed by atoms with Crippen LogP contribution in [0.1, 0.15) is 25.3 Å². The first-order valence-electron chi connectivity index (χ1n) is 10.1. The van der Waals surface area contributed by atoms with Crippen LogP contribution in [0, 0.1) is 5.92 Å². The summed E-state index contributed by atoms with van der Waals surface area (Å²) in [7, 11) is 2.15. The Morgan fingerprint density at radius 2 is 1.96 bits per heavy atom. The molecule has 1 N–H and O–H groups in total. The second-order valence-electron chi connectivity index (χ2n) is 7.57.